The number of rotatable bonds is 7. The lowest BCUT2D eigenvalue weighted by atomic mass is 10.1. The minimum Gasteiger partial charge on any atom is -0.468 e. The quantitative estimate of drug-likeness (QED) is 0.244. The molecular weight excluding hydrogens is 460 g/mol. The Morgan fingerprint density at radius 1 is 1.12 bits per heavy atom. The van der Waals surface area contributed by atoms with Gasteiger partial charge in [-0.25, -0.2) is 9.97 Å². The third-order valence-corrected chi connectivity index (χ3v) is 6.51. The highest BCUT2D eigenvalue weighted by atomic mass is 32.2. The number of carbonyl (C=O) groups is 2. The van der Waals surface area contributed by atoms with E-state index in [4.69, 9.17) is 4.74 Å². The van der Waals surface area contributed by atoms with Crippen molar-refractivity contribution in [3.8, 4) is 11.3 Å². The fraction of sp³-hybridized carbons (Fsp3) is 0.174. The van der Waals surface area contributed by atoms with E-state index in [0.29, 0.717) is 16.0 Å². The Kier molecular flexibility index (Phi) is 6.85. The van der Waals surface area contributed by atoms with Crippen molar-refractivity contribution in [2.45, 2.75) is 18.6 Å². The Hall–Kier alpha value is -3.50. The minimum atomic E-state index is -0.577. The van der Waals surface area contributed by atoms with Gasteiger partial charge in [0.15, 0.2) is 10.3 Å². The molecule has 10 heteroatoms. The Balaban J connectivity index is 1.49. The van der Waals surface area contributed by atoms with Crippen LogP contribution in [0.25, 0.3) is 22.2 Å². The summed E-state index contributed by atoms with van der Waals surface area (Å²) in [6.07, 6.45) is 0. The normalized spacial score (nSPS) is 10.8. The highest BCUT2D eigenvalue weighted by Gasteiger charge is 2.16. The van der Waals surface area contributed by atoms with Crippen LogP contribution in [0.5, 0.6) is 0 Å². The van der Waals surface area contributed by atoms with Gasteiger partial charge in [-0.3, -0.25) is 19.0 Å². The fourth-order valence-corrected chi connectivity index (χ4v) is 4.60. The van der Waals surface area contributed by atoms with Crippen molar-refractivity contribution < 1.29 is 14.3 Å². The van der Waals surface area contributed by atoms with Gasteiger partial charge in [0.25, 0.3) is 5.56 Å². The summed E-state index contributed by atoms with van der Waals surface area (Å²) in [4.78, 5) is 46.2. The van der Waals surface area contributed by atoms with Crippen LogP contribution in [0.15, 0.2) is 63.9 Å². The van der Waals surface area contributed by atoms with Gasteiger partial charge in [0.2, 0.25) is 5.91 Å². The first-order valence-corrected chi connectivity index (χ1v) is 11.8. The van der Waals surface area contributed by atoms with Crippen molar-refractivity contribution in [1.82, 2.24) is 14.5 Å². The second-order valence-electron chi connectivity index (χ2n) is 7.12. The highest BCUT2D eigenvalue weighted by molar-refractivity contribution is 7.99. The van der Waals surface area contributed by atoms with Gasteiger partial charge in [0.05, 0.1) is 29.5 Å². The van der Waals surface area contributed by atoms with Crippen molar-refractivity contribution in [3.63, 3.8) is 0 Å². The molecule has 1 N–H and O–H groups in total. The maximum atomic E-state index is 12.9. The standard InChI is InChI=1S/C23H20N4O4S2/c1-14-7-9-15(10-8-14)18-12-32-22(24-18)26-19(28)13-33-23-25-17-6-4-3-5-16(17)21(30)27(23)11-20(29)31-2/h3-10,12H,11,13H2,1-2H3,(H,24,26,28). The van der Waals surface area contributed by atoms with Crippen LogP contribution in [0.2, 0.25) is 0 Å². The van der Waals surface area contributed by atoms with Crippen LogP contribution in [-0.4, -0.2) is 39.3 Å². The van der Waals surface area contributed by atoms with Crippen molar-refractivity contribution in [2.75, 3.05) is 18.2 Å². The molecule has 2 aromatic carbocycles. The second kappa shape index (κ2) is 9.97. The molecule has 0 saturated carbocycles. The number of para-hydroxylation sites is 1. The summed E-state index contributed by atoms with van der Waals surface area (Å²) in [5.74, 6) is -0.880. The summed E-state index contributed by atoms with van der Waals surface area (Å²) in [7, 11) is 1.25. The molecule has 0 spiro atoms. The van der Waals surface area contributed by atoms with Gasteiger partial charge < -0.3 is 10.1 Å². The van der Waals surface area contributed by atoms with Crippen LogP contribution in [-0.2, 0) is 20.9 Å². The van der Waals surface area contributed by atoms with E-state index in [2.05, 4.69) is 15.3 Å². The molecule has 0 aliphatic rings. The van der Waals surface area contributed by atoms with Crippen molar-refractivity contribution in [2.24, 2.45) is 0 Å². The van der Waals surface area contributed by atoms with Crippen LogP contribution in [0, 0.1) is 6.92 Å². The second-order valence-corrected chi connectivity index (χ2v) is 8.92. The number of hydrogen-bond acceptors (Lipinski definition) is 8. The Morgan fingerprint density at radius 2 is 1.88 bits per heavy atom. The number of ether oxygens (including phenoxy) is 1. The molecule has 0 radical (unpaired) electrons. The number of esters is 1. The van der Waals surface area contributed by atoms with Crippen molar-refractivity contribution in [3.05, 3.63) is 69.8 Å². The maximum absolute atomic E-state index is 12.9. The van der Waals surface area contributed by atoms with Crippen molar-refractivity contribution in [1.29, 1.82) is 0 Å². The van der Waals surface area contributed by atoms with Crippen LogP contribution < -0.4 is 10.9 Å². The average molecular weight is 481 g/mol. The number of thioether (sulfide) groups is 1. The number of carbonyl (C=O) groups excluding carboxylic acids is 2. The topological polar surface area (TPSA) is 103 Å². The molecule has 4 aromatic rings. The predicted molar refractivity (Wildman–Crippen MR) is 130 cm³/mol. The van der Waals surface area contributed by atoms with Crippen LogP contribution in [0.4, 0.5) is 5.13 Å². The van der Waals surface area contributed by atoms with Gasteiger partial charge in [0.1, 0.15) is 6.54 Å². The molecule has 0 fully saturated rings. The molecule has 33 heavy (non-hydrogen) atoms. The number of hydrogen-bond donors (Lipinski definition) is 1. The van der Waals surface area contributed by atoms with Gasteiger partial charge in [-0.2, -0.15) is 0 Å². The van der Waals surface area contributed by atoms with E-state index in [1.807, 2.05) is 36.6 Å². The summed E-state index contributed by atoms with van der Waals surface area (Å²) in [6, 6.07) is 14.8. The first-order valence-electron chi connectivity index (χ1n) is 9.96. The zero-order valence-corrected chi connectivity index (χ0v) is 19.5. The summed E-state index contributed by atoms with van der Waals surface area (Å²) in [6.45, 7) is 1.73. The molecule has 4 rings (SSSR count). The Bertz CT molecular complexity index is 1380. The summed E-state index contributed by atoms with van der Waals surface area (Å²) in [5, 5.41) is 5.79. The third kappa shape index (κ3) is 5.29. The number of thiazole rings is 1. The lowest BCUT2D eigenvalue weighted by molar-refractivity contribution is -0.141. The first kappa shape index (κ1) is 22.7. The molecule has 0 bridgehead atoms. The Labute approximate surface area is 197 Å². The van der Waals surface area contributed by atoms with Crippen LogP contribution >= 0.6 is 23.1 Å². The molecule has 0 aliphatic heterocycles. The number of anilines is 1. The van der Waals surface area contributed by atoms with Gasteiger partial charge >= 0.3 is 5.97 Å². The molecule has 8 nitrogen and oxygen atoms in total. The summed E-state index contributed by atoms with van der Waals surface area (Å²) in [5.41, 5.74) is 3.04. The van der Waals surface area contributed by atoms with E-state index in [9.17, 15) is 14.4 Å². The third-order valence-electron chi connectivity index (χ3n) is 4.77. The van der Waals surface area contributed by atoms with E-state index in [0.717, 1.165) is 28.6 Å². The first-order chi connectivity index (χ1) is 15.9. The molecule has 2 heterocycles. The van der Waals surface area contributed by atoms with Gasteiger partial charge in [-0.15, -0.1) is 11.3 Å². The summed E-state index contributed by atoms with van der Waals surface area (Å²) >= 11 is 2.40. The number of fused-ring (bicyclic) bond motifs is 1. The lowest BCUT2D eigenvalue weighted by Crippen LogP contribution is -2.28. The van der Waals surface area contributed by atoms with Crippen LogP contribution in [0.1, 0.15) is 5.56 Å². The van der Waals surface area contributed by atoms with E-state index in [-0.39, 0.29) is 28.9 Å². The van der Waals surface area contributed by atoms with E-state index >= 15 is 0 Å². The molecule has 0 atom stereocenters. The maximum Gasteiger partial charge on any atom is 0.325 e. The van der Waals surface area contributed by atoms with Gasteiger partial charge in [-0.1, -0.05) is 53.7 Å². The largest absolute Gasteiger partial charge is 0.468 e. The molecule has 1 amide bonds. The smallest absolute Gasteiger partial charge is 0.325 e. The molecule has 2 aromatic heterocycles. The number of nitrogens with one attached hydrogen (secondary N) is 1. The number of methoxy groups -OCH3 is 1. The van der Waals surface area contributed by atoms with Crippen LogP contribution in [0.3, 0.4) is 0 Å². The predicted octanol–water partition coefficient (Wildman–Crippen LogP) is 3.73. The number of benzene rings is 2. The average Bonchev–Trinajstić information content (AvgIpc) is 3.28. The molecule has 168 valence electrons. The summed E-state index contributed by atoms with van der Waals surface area (Å²) < 4.78 is 5.93. The zero-order valence-electron chi connectivity index (χ0n) is 17.9. The van der Waals surface area contributed by atoms with E-state index < -0.39 is 5.97 Å². The number of nitrogens with zero attached hydrogens (tertiary/aromatic N) is 3. The van der Waals surface area contributed by atoms with E-state index in [1.165, 1.54) is 23.0 Å². The minimum absolute atomic E-state index is 0.00853. The number of amides is 1. The van der Waals surface area contributed by atoms with Gasteiger partial charge in [0, 0.05) is 10.9 Å². The highest BCUT2D eigenvalue weighted by Crippen LogP contribution is 2.25. The monoisotopic (exact) mass is 480 g/mol. The molecule has 0 aliphatic carbocycles. The SMILES string of the molecule is COC(=O)Cn1c(SCC(=O)Nc2nc(-c3ccc(C)cc3)cs2)nc2ccccc2c1=O. The zero-order chi connectivity index (χ0) is 23.4. The number of aryl methyl sites for hydroxylation is 1. The molecule has 0 saturated heterocycles. The van der Waals surface area contributed by atoms with Gasteiger partial charge in [-0.05, 0) is 19.1 Å². The van der Waals surface area contributed by atoms with E-state index in [1.54, 1.807) is 24.3 Å². The molecular formula is C23H20N4O4S2. The Morgan fingerprint density at radius 3 is 2.64 bits per heavy atom. The number of aromatic nitrogens is 3. The molecule has 0 unspecified atom stereocenters. The fourth-order valence-electron chi connectivity index (χ4n) is 3.06. The lowest BCUT2D eigenvalue weighted by Gasteiger charge is -2.11. The van der Waals surface area contributed by atoms with Crippen molar-refractivity contribution >= 4 is 51.0 Å².